The molecule has 5 nitrogen and oxygen atoms in total. The lowest BCUT2D eigenvalue weighted by atomic mass is 10.1. The van der Waals surface area contributed by atoms with Gasteiger partial charge >= 0.3 is 0 Å². The normalized spacial score (nSPS) is 11.2. The van der Waals surface area contributed by atoms with E-state index in [1.165, 1.54) is 0 Å². The molecule has 0 atom stereocenters. The molecule has 25 heavy (non-hydrogen) atoms. The van der Waals surface area contributed by atoms with Gasteiger partial charge in [0.15, 0.2) is 0 Å². The predicted molar refractivity (Wildman–Crippen MR) is 101 cm³/mol. The van der Waals surface area contributed by atoms with Crippen LogP contribution in [0.3, 0.4) is 0 Å². The summed E-state index contributed by atoms with van der Waals surface area (Å²) >= 11 is 0. The van der Waals surface area contributed by atoms with Crippen LogP contribution in [0.4, 0.5) is 5.69 Å². The van der Waals surface area contributed by atoms with Crippen molar-refractivity contribution in [2.24, 2.45) is 0 Å². The van der Waals surface area contributed by atoms with Gasteiger partial charge in [0.1, 0.15) is 6.54 Å². The molecule has 0 heterocycles. The molecule has 0 aliphatic carbocycles. The smallest absolute Gasteiger partial charge is 0.241 e. The first kappa shape index (κ1) is 19.0. The Bertz CT molecular complexity index is 813. The molecule has 2 aromatic carbocycles. The number of amides is 1. The van der Waals surface area contributed by atoms with E-state index >= 15 is 0 Å². The van der Waals surface area contributed by atoms with Crippen molar-refractivity contribution in [3.8, 4) is 0 Å². The van der Waals surface area contributed by atoms with Crippen LogP contribution in [0.15, 0.2) is 48.5 Å². The van der Waals surface area contributed by atoms with Crippen molar-refractivity contribution in [2.75, 3.05) is 17.1 Å². The van der Waals surface area contributed by atoms with Crippen LogP contribution in [0.2, 0.25) is 0 Å². The van der Waals surface area contributed by atoms with E-state index in [1.54, 1.807) is 12.1 Å². The van der Waals surface area contributed by atoms with Crippen molar-refractivity contribution in [1.29, 1.82) is 0 Å². The Labute approximate surface area is 149 Å². The summed E-state index contributed by atoms with van der Waals surface area (Å²) in [5.74, 6) is -0.342. The quantitative estimate of drug-likeness (QED) is 0.825. The van der Waals surface area contributed by atoms with Gasteiger partial charge in [0.25, 0.3) is 0 Å². The van der Waals surface area contributed by atoms with Gasteiger partial charge in [0.2, 0.25) is 15.9 Å². The minimum Gasteiger partial charge on any atom is -0.350 e. The van der Waals surface area contributed by atoms with Gasteiger partial charge in [-0.05, 0) is 36.6 Å². The summed E-state index contributed by atoms with van der Waals surface area (Å²) in [6.07, 6.45) is 1.98. The fourth-order valence-electron chi connectivity index (χ4n) is 2.39. The SMILES string of the molecule is CCc1ccc(N(CC(=O)NCc2ccc(C)cc2)S(C)(=O)=O)cc1. The average molecular weight is 360 g/mol. The van der Waals surface area contributed by atoms with E-state index in [4.69, 9.17) is 0 Å². The summed E-state index contributed by atoms with van der Waals surface area (Å²) in [6, 6.07) is 15.0. The third-order valence-corrected chi connectivity index (χ3v) is 5.07. The fourth-order valence-corrected chi connectivity index (χ4v) is 3.25. The molecule has 0 fully saturated rings. The Morgan fingerprint density at radius 2 is 1.56 bits per heavy atom. The highest BCUT2D eigenvalue weighted by Crippen LogP contribution is 2.18. The number of hydrogen-bond acceptors (Lipinski definition) is 3. The minimum absolute atomic E-state index is 0.240. The molecule has 0 spiro atoms. The first-order chi connectivity index (χ1) is 11.8. The Morgan fingerprint density at radius 3 is 2.08 bits per heavy atom. The van der Waals surface area contributed by atoms with E-state index < -0.39 is 10.0 Å². The Hall–Kier alpha value is -2.34. The molecule has 134 valence electrons. The van der Waals surface area contributed by atoms with Crippen LogP contribution in [0, 0.1) is 6.92 Å². The first-order valence-corrected chi connectivity index (χ1v) is 10.0. The number of hydrogen-bond donors (Lipinski definition) is 1. The monoisotopic (exact) mass is 360 g/mol. The van der Waals surface area contributed by atoms with Gasteiger partial charge in [-0.25, -0.2) is 8.42 Å². The third-order valence-electron chi connectivity index (χ3n) is 3.93. The molecular formula is C19H24N2O3S. The summed E-state index contributed by atoms with van der Waals surface area (Å²) in [5.41, 5.74) is 3.72. The van der Waals surface area contributed by atoms with E-state index in [0.717, 1.165) is 33.7 Å². The summed E-state index contributed by atoms with van der Waals surface area (Å²) < 4.78 is 25.3. The second kappa shape index (κ2) is 8.16. The molecule has 0 aliphatic heterocycles. The summed E-state index contributed by atoms with van der Waals surface area (Å²) in [7, 11) is -3.55. The standard InChI is InChI=1S/C19H24N2O3S/c1-4-16-9-11-18(12-10-16)21(25(3,23)24)14-19(22)20-13-17-7-5-15(2)6-8-17/h5-12H,4,13-14H2,1-3H3,(H,20,22). The fraction of sp³-hybridized carbons (Fsp3) is 0.316. The number of nitrogens with one attached hydrogen (secondary N) is 1. The van der Waals surface area contributed by atoms with Gasteiger partial charge in [-0.15, -0.1) is 0 Å². The van der Waals surface area contributed by atoms with Crippen molar-refractivity contribution in [3.05, 3.63) is 65.2 Å². The molecular weight excluding hydrogens is 336 g/mol. The van der Waals surface area contributed by atoms with Crippen LogP contribution in [-0.4, -0.2) is 27.1 Å². The molecule has 1 amide bonds. The van der Waals surface area contributed by atoms with Gasteiger partial charge in [-0.2, -0.15) is 0 Å². The van der Waals surface area contributed by atoms with E-state index in [1.807, 2.05) is 50.2 Å². The molecule has 1 N–H and O–H groups in total. The van der Waals surface area contributed by atoms with Crippen LogP contribution >= 0.6 is 0 Å². The van der Waals surface area contributed by atoms with Gasteiger partial charge in [0.05, 0.1) is 11.9 Å². The lowest BCUT2D eigenvalue weighted by Gasteiger charge is -2.22. The highest BCUT2D eigenvalue weighted by Gasteiger charge is 2.20. The molecule has 0 bridgehead atoms. The molecule has 2 rings (SSSR count). The van der Waals surface area contributed by atoms with Crippen molar-refractivity contribution < 1.29 is 13.2 Å². The van der Waals surface area contributed by atoms with E-state index in [9.17, 15) is 13.2 Å². The summed E-state index contributed by atoms with van der Waals surface area (Å²) in [6.45, 7) is 4.15. The van der Waals surface area contributed by atoms with Crippen LogP contribution in [0.5, 0.6) is 0 Å². The lowest BCUT2D eigenvalue weighted by Crippen LogP contribution is -2.40. The number of carbonyl (C=O) groups is 1. The van der Waals surface area contributed by atoms with Gasteiger partial charge in [-0.3, -0.25) is 9.10 Å². The zero-order chi connectivity index (χ0) is 18.4. The highest BCUT2D eigenvalue weighted by molar-refractivity contribution is 7.92. The van der Waals surface area contributed by atoms with Crippen LogP contribution in [0.25, 0.3) is 0 Å². The molecule has 0 aromatic heterocycles. The van der Waals surface area contributed by atoms with Gasteiger partial charge < -0.3 is 5.32 Å². The molecule has 2 aromatic rings. The van der Waals surface area contributed by atoms with Crippen molar-refractivity contribution in [1.82, 2.24) is 5.32 Å². The number of rotatable bonds is 7. The first-order valence-electron chi connectivity index (χ1n) is 8.18. The van der Waals surface area contributed by atoms with Gasteiger partial charge in [-0.1, -0.05) is 48.9 Å². The number of aryl methyl sites for hydroxylation is 2. The largest absolute Gasteiger partial charge is 0.350 e. The van der Waals surface area contributed by atoms with Crippen LogP contribution < -0.4 is 9.62 Å². The van der Waals surface area contributed by atoms with Crippen molar-refractivity contribution in [2.45, 2.75) is 26.8 Å². The number of anilines is 1. The third kappa shape index (κ3) is 5.60. The van der Waals surface area contributed by atoms with E-state index in [0.29, 0.717) is 12.2 Å². The maximum Gasteiger partial charge on any atom is 0.241 e. The summed E-state index contributed by atoms with van der Waals surface area (Å²) in [4.78, 5) is 12.2. The molecule has 0 unspecified atom stereocenters. The molecule has 0 aliphatic rings. The molecule has 6 heteroatoms. The zero-order valence-electron chi connectivity index (χ0n) is 14.8. The summed E-state index contributed by atoms with van der Waals surface area (Å²) in [5, 5.41) is 2.77. The number of benzene rings is 2. The molecule has 0 saturated heterocycles. The van der Waals surface area contributed by atoms with Crippen molar-refractivity contribution in [3.63, 3.8) is 0 Å². The maximum absolute atomic E-state index is 12.2. The zero-order valence-corrected chi connectivity index (χ0v) is 15.6. The lowest BCUT2D eigenvalue weighted by molar-refractivity contribution is -0.119. The second-order valence-corrected chi connectivity index (χ2v) is 7.96. The van der Waals surface area contributed by atoms with Crippen LogP contribution in [-0.2, 0) is 27.8 Å². The number of nitrogens with zero attached hydrogens (tertiary/aromatic N) is 1. The number of carbonyl (C=O) groups excluding carboxylic acids is 1. The second-order valence-electron chi connectivity index (χ2n) is 6.05. The average Bonchev–Trinajstić information content (AvgIpc) is 2.58. The molecule has 0 radical (unpaired) electrons. The minimum atomic E-state index is -3.55. The Balaban J connectivity index is 2.05. The van der Waals surface area contributed by atoms with Crippen molar-refractivity contribution >= 4 is 21.6 Å². The van der Waals surface area contributed by atoms with E-state index in [2.05, 4.69) is 5.32 Å². The topological polar surface area (TPSA) is 66.5 Å². The predicted octanol–water partition coefficient (Wildman–Crippen LogP) is 2.64. The Kier molecular flexibility index (Phi) is 6.20. The van der Waals surface area contributed by atoms with Gasteiger partial charge in [0, 0.05) is 6.54 Å². The number of sulfonamides is 1. The maximum atomic E-state index is 12.2. The molecule has 0 saturated carbocycles. The van der Waals surface area contributed by atoms with E-state index in [-0.39, 0.29) is 12.5 Å². The van der Waals surface area contributed by atoms with Crippen LogP contribution in [0.1, 0.15) is 23.6 Å². The highest BCUT2D eigenvalue weighted by atomic mass is 32.2. The Morgan fingerprint density at radius 1 is 1.00 bits per heavy atom.